The van der Waals surface area contributed by atoms with Gasteiger partial charge in [-0.3, -0.25) is 14.9 Å². The quantitative estimate of drug-likeness (QED) is 0.393. The number of anilines is 2. The van der Waals surface area contributed by atoms with Crippen molar-refractivity contribution in [2.45, 2.75) is 13.3 Å². The van der Waals surface area contributed by atoms with Crippen molar-refractivity contribution in [2.24, 2.45) is 0 Å². The number of hydrogen-bond acceptors (Lipinski definition) is 8. The molecule has 0 spiro atoms. The fourth-order valence-corrected chi connectivity index (χ4v) is 5.27. The second-order valence-electron chi connectivity index (χ2n) is 6.43. The van der Waals surface area contributed by atoms with Crippen LogP contribution in [0.4, 0.5) is 10.3 Å². The second kappa shape index (κ2) is 9.38. The van der Waals surface area contributed by atoms with Crippen molar-refractivity contribution in [1.29, 1.82) is 0 Å². The molecule has 2 N–H and O–H groups in total. The van der Waals surface area contributed by atoms with Crippen molar-refractivity contribution in [3.63, 3.8) is 0 Å². The molecule has 0 aliphatic carbocycles. The molecule has 158 valence electrons. The van der Waals surface area contributed by atoms with Crippen molar-refractivity contribution in [1.82, 2.24) is 9.97 Å². The van der Waals surface area contributed by atoms with Gasteiger partial charge < -0.3 is 10.1 Å². The highest BCUT2D eigenvalue weighted by atomic mass is 32.1. The summed E-state index contributed by atoms with van der Waals surface area (Å²) in [4.78, 5) is 35.6. The van der Waals surface area contributed by atoms with Crippen molar-refractivity contribution in [3.8, 4) is 16.3 Å². The van der Waals surface area contributed by atoms with Crippen LogP contribution in [0.5, 0.6) is 5.75 Å². The summed E-state index contributed by atoms with van der Waals surface area (Å²) in [5, 5.41) is 10.5. The van der Waals surface area contributed by atoms with Gasteiger partial charge in [0.05, 0.1) is 35.4 Å². The number of carbonyl (C=O) groups excluding carboxylic acids is 2. The molecule has 0 atom stereocenters. The molecule has 7 nitrogen and oxygen atoms in total. The third-order valence-electron chi connectivity index (χ3n) is 4.27. The van der Waals surface area contributed by atoms with E-state index in [0.29, 0.717) is 33.7 Å². The van der Waals surface area contributed by atoms with Crippen LogP contribution in [0.3, 0.4) is 0 Å². The van der Waals surface area contributed by atoms with Crippen molar-refractivity contribution >= 4 is 56.1 Å². The Balaban J connectivity index is 1.45. The third kappa shape index (κ3) is 4.98. The summed E-state index contributed by atoms with van der Waals surface area (Å²) in [6, 6.07) is 10.9. The van der Waals surface area contributed by atoms with Gasteiger partial charge in [-0.1, -0.05) is 29.5 Å². The highest BCUT2D eigenvalue weighted by Crippen LogP contribution is 2.35. The molecule has 31 heavy (non-hydrogen) atoms. The molecular formula is C21H18N4O3S3. The van der Waals surface area contributed by atoms with Gasteiger partial charge in [0.2, 0.25) is 5.91 Å². The molecule has 0 unspecified atom stereocenters. The molecule has 0 aliphatic heterocycles. The number of nitrogens with zero attached hydrogens (tertiary/aromatic N) is 2. The Bertz CT molecular complexity index is 1210. The van der Waals surface area contributed by atoms with Gasteiger partial charge >= 0.3 is 0 Å². The predicted octanol–water partition coefficient (Wildman–Crippen LogP) is 5.08. The van der Waals surface area contributed by atoms with Crippen LogP contribution in [-0.4, -0.2) is 28.9 Å². The number of ether oxygens (including phenoxy) is 1. The van der Waals surface area contributed by atoms with Crippen molar-refractivity contribution in [2.75, 3.05) is 17.7 Å². The zero-order valence-electron chi connectivity index (χ0n) is 16.7. The average molecular weight is 471 g/mol. The molecule has 10 heteroatoms. The maximum atomic E-state index is 12.6. The molecule has 0 radical (unpaired) electrons. The standard InChI is InChI=1S/C21H18N4O3S3/c1-12-18(15-11-30-20(23-15)24-17(26)10-13-6-5-9-29-13)31-21(22-12)25-19(27)14-7-3-4-8-16(14)28-2/h3-9,11H,10H2,1-2H3,(H,22,25,27)(H,23,24,26). The minimum Gasteiger partial charge on any atom is -0.496 e. The van der Waals surface area contributed by atoms with Crippen LogP contribution >= 0.6 is 34.0 Å². The van der Waals surface area contributed by atoms with Crippen molar-refractivity contribution < 1.29 is 14.3 Å². The lowest BCUT2D eigenvalue weighted by molar-refractivity contribution is -0.115. The normalized spacial score (nSPS) is 10.6. The molecule has 2 amide bonds. The smallest absolute Gasteiger partial charge is 0.261 e. The Morgan fingerprint density at radius 1 is 1.03 bits per heavy atom. The zero-order chi connectivity index (χ0) is 21.8. The molecule has 3 aromatic heterocycles. The van der Waals surface area contributed by atoms with Crippen LogP contribution in [0, 0.1) is 6.92 Å². The van der Waals surface area contributed by atoms with E-state index in [-0.39, 0.29) is 11.8 Å². The number of nitrogens with one attached hydrogen (secondary N) is 2. The number of thiophene rings is 1. The SMILES string of the molecule is COc1ccccc1C(=O)Nc1nc(C)c(-c2csc(NC(=O)Cc3cccs3)n2)s1. The number of carbonyl (C=O) groups is 2. The first kappa shape index (κ1) is 21.2. The summed E-state index contributed by atoms with van der Waals surface area (Å²) in [6.45, 7) is 1.86. The first-order valence-electron chi connectivity index (χ1n) is 9.23. The molecule has 0 fully saturated rings. The molecule has 3 heterocycles. The van der Waals surface area contributed by atoms with Gasteiger partial charge in [0.1, 0.15) is 5.75 Å². The fraction of sp³-hybridized carbons (Fsp3) is 0.143. The summed E-state index contributed by atoms with van der Waals surface area (Å²) in [7, 11) is 1.52. The van der Waals surface area contributed by atoms with Gasteiger partial charge in [0.25, 0.3) is 5.91 Å². The number of aromatic nitrogens is 2. The highest BCUT2D eigenvalue weighted by Gasteiger charge is 2.18. The molecule has 0 aliphatic rings. The van der Waals surface area contributed by atoms with Gasteiger partial charge in [-0.15, -0.1) is 22.7 Å². The minimum atomic E-state index is -0.294. The largest absolute Gasteiger partial charge is 0.496 e. The van der Waals surface area contributed by atoms with E-state index in [1.807, 2.05) is 29.8 Å². The van der Waals surface area contributed by atoms with E-state index in [0.717, 1.165) is 15.4 Å². The lowest BCUT2D eigenvalue weighted by Gasteiger charge is -2.06. The lowest BCUT2D eigenvalue weighted by atomic mass is 10.2. The monoisotopic (exact) mass is 470 g/mol. The molecule has 1 aromatic carbocycles. The number of hydrogen-bond donors (Lipinski definition) is 2. The molecular weight excluding hydrogens is 452 g/mol. The Morgan fingerprint density at radius 3 is 2.65 bits per heavy atom. The van der Waals surface area contributed by atoms with Crippen LogP contribution in [0.25, 0.3) is 10.6 Å². The number of benzene rings is 1. The van der Waals surface area contributed by atoms with E-state index < -0.39 is 0 Å². The Hall–Kier alpha value is -3.08. The van der Waals surface area contributed by atoms with Crippen molar-refractivity contribution in [3.05, 3.63) is 63.3 Å². The molecule has 0 saturated heterocycles. The Morgan fingerprint density at radius 2 is 1.87 bits per heavy atom. The molecule has 4 rings (SSSR count). The minimum absolute atomic E-state index is 0.103. The van der Waals surface area contributed by atoms with Gasteiger partial charge in [-0.25, -0.2) is 9.97 Å². The summed E-state index contributed by atoms with van der Waals surface area (Å²) in [5.74, 6) is 0.0997. The average Bonchev–Trinajstić information content (AvgIpc) is 3.50. The Kier molecular flexibility index (Phi) is 6.40. The maximum Gasteiger partial charge on any atom is 0.261 e. The van der Waals surface area contributed by atoms with Crippen LogP contribution in [0.2, 0.25) is 0 Å². The van der Waals surface area contributed by atoms with Gasteiger partial charge in [-0.2, -0.15) is 0 Å². The number of aryl methyl sites for hydroxylation is 1. The zero-order valence-corrected chi connectivity index (χ0v) is 19.1. The summed E-state index contributed by atoms with van der Waals surface area (Å²) in [6.07, 6.45) is 0.325. The van der Waals surface area contributed by atoms with E-state index in [9.17, 15) is 9.59 Å². The lowest BCUT2D eigenvalue weighted by Crippen LogP contribution is -2.13. The van der Waals surface area contributed by atoms with Gasteiger partial charge in [0, 0.05) is 10.3 Å². The fourth-order valence-electron chi connectivity index (χ4n) is 2.85. The molecule has 0 bridgehead atoms. The summed E-state index contributed by atoms with van der Waals surface area (Å²) < 4.78 is 5.25. The van der Waals surface area contributed by atoms with E-state index in [2.05, 4.69) is 20.6 Å². The van der Waals surface area contributed by atoms with E-state index in [1.165, 1.54) is 29.8 Å². The van der Waals surface area contributed by atoms with Gasteiger partial charge in [0.15, 0.2) is 10.3 Å². The highest BCUT2D eigenvalue weighted by molar-refractivity contribution is 7.20. The molecule has 4 aromatic rings. The number of para-hydroxylation sites is 1. The van der Waals surface area contributed by atoms with Crippen LogP contribution in [0.15, 0.2) is 47.2 Å². The maximum absolute atomic E-state index is 12.6. The number of rotatable bonds is 7. The summed E-state index contributed by atoms with van der Waals surface area (Å²) in [5.41, 5.74) is 1.90. The van der Waals surface area contributed by atoms with E-state index in [4.69, 9.17) is 4.74 Å². The first-order valence-corrected chi connectivity index (χ1v) is 11.8. The van der Waals surface area contributed by atoms with Crippen LogP contribution in [-0.2, 0) is 11.2 Å². The second-order valence-corrected chi connectivity index (χ2v) is 9.32. The van der Waals surface area contributed by atoms with Crippen LogP contribution < -0.4 is 15.4 Å². The molecule has 0 saturated carbocycles. The van der Waals surface area contributed by atoms with E-state index in [1.54, 1.807) is 35.6 Å². The van der Waals surface area contributed by atoms with Crippen LogP contribution in [0.1, 0.15) is 20.9 Å². The number of amides is 2. The number of thiazole rings is 2. The first-order chi connectivity index (χ1) is 15.0. The topological polar surface area (TPSA) is 93.2 Å². The Labute approximate surface area is 190 Å². The van der Waals surface area contributed by atoms with Gasteiger partial charge in [-0.05, 0) is 30.5 Å². The van der Waals surface area contributed by atoms with E-state index >= 15 is 0 Å². The summed E-state index contributed by atoms with van der Waals surface area (Å²) >= 11 is 4.24. The third-order valence-corrected chi connectivity index (χ3v) is 7.00. The number of methoxy groups -OCH3 is 1. The predicted molar refractivity (Wildman–Crippen MR) is 126 cm³/mol.